The number of anilines is 1. The average Bonchev–Trinajstić information content (AvgIpc) is 2.44. The molecule has 118 valence electrons. The highest BCUT2D eigenvalue weighted by Gasteiger charge is 2.22. The Morgan fingerprint density at radius 3 is 2.18 bits per heavy atom. The molecule has 0 aliphatic rings. The molecule has 0 bridgehead atoms. The van der Waals surface area contributed by atoms with Gasteiger partial charge in [-0.25, -0.2) is 0 Å². The number of rotatable bonds is 3. The molecular formula is C17H20BrNO3. The quantitative estimate of drug-likeness (QED) is 0.863. The predicted molar refractivity (Wildman–Crippen MR) is 92.8 cm³/mol. The van der Waals surface area contributed by atoms with Crippen LogP contribution in [0.15, 0.2) is 28.7 Å². The average molecular weight is 366 g/mol. The summed E-state index contributed by atoms with van der Waals surface area (Å²) < 4.78 is 11.6. The van der Waals surface area contributed by atoms with Gasteiger partial charge >= 0.3 is 0 Å². The zero-order chi connectivity index (χ0) is 16.5. The number of hydrogen-bond donors (Lipinski definition) is 1. The fraction of sp³-hybridized carbons (Fsp3) is 0.353. The molecule has 0 saturated heterocycles. The number of carbonyl (C=O) groups is 1. The molecule has 0 unspecified atom stereocenters. The van der Waals surface area contributed by atoms with E-state index < -0.39 is 5.41 Å². The standard InChI is InChI=1S/C17H20BrNO3/c1-17(2,3)16(20)19-13-8-11(18)6-10-7-14(21-4)15(22-5)9-12(10)13/h6-9H,1-5H3,(H,19,20). The van der Waals surface area contributed by atoms with Gasteiger partial charge in [0, 0.05) is 21.0 Å². The summed E-state index contributed by atoms with van der Waals surface area (Å²) in [5.74, 6) is 1.24. The zero-order valence-corrected chi connectivity index (χ0v) is 15.0. The molecule has 0 radical (unpaired) electrons. The van der Waals surface area contributed by atoms with Crippen LogP contribution in [0.25, 0.3) is 10.8 Å². The molecule has 4 nitrogen and oxygen atoms in total. The number of hydrogen-bond acceptors (Lipinski definition) is 3. The minimum atomic E-state index is -0.467. The van der Waals surface area contributed by atoms with Gasteiger partial charge in [0.2, 0.25) is 5.91 Å². The highest BCUT2D eigenvalue weighted by Crippen LogP contribution is 2.37. The Hall–Kier alpha value is -1.75. The van der Waals surface area contributed by atoms with Crippen molar-refractivity contribution < 1.29 is 14.3 Å². The summed E-state index contributed by atoms with van der Waals surface area (Å²) in [6.45, 7) is 5.64. The van der Waals surface area contributed by atoms with Gasteiger partial charge in [0.25, 0.3) is 0 Å². The molecule has 0 aliphatic carbocycles. The highest BCUT2D eigenvalue weighted by molar-refractivity contribution is 9.10. The van der Waals surface area contributed by atoms with E-state index in [0.717, 1.165) is 20.9 Å². The minimum absolute atomic E-state index is 0.0401. The van der Waals surface area contributed by atoms with E-state index in [-0.39, 0.29) is 5.91 Å². The largest absolute Gasteiger partial charge is 0.493 e. The van der Waals surface area contributed by atoms with Gasteiger partial charge in [-0.3, -0.25) is 4.79 Å². The third-order valence-electron chi connectivity index (χ3n) is 3.35. The molecule has 0 heterocycles. The molecular weight excluding hydrogens is 346 g/mol. The van der Waals surface area contributed by atoms with Gasteiger partial charge < -0.3 is 14.8 Å². The van der Waals surface area contributed by atoms with Crippen LogP contribution in [0.4, 0.5) is 5.69 Å². The van der Waals surface area contributed by atoms with Crippen LogP contribution in [0.2, 0.25) is 0 Å². The minimum Gasteiger partial charge on any atom is -0.493 e. The van der Waals surface area contributed by atoms with E-state index in [1.165, 1.54) is 0 Å². The Morgan fingerprint density at radius 2 is 1.64 bits per heavy atom. The number of methoxy groups -OCH3 is 2. The Morgan fingerprint density at radius 1 is 1.05 bits per heavy atom. The van der Waals surface area contributed by atoms with Crippen LogP contribution in [-0.4, -0.2) is 20.1 Å². The van der Waals surface area contributed by atoms with Crippen LogP contribution in [-0.2, 0) is 4.79 Å². The smallest absolute Gasteiger partial charge is 0.229 e. The second-order valence-electron chi connectivity index (χ2n) is 6.09. The molecule has 1 amide bonds. The topological polar surface area (TPSA) is 47.6 Å². The first-order chi connectivity index (χ1) is 10.3. The van der Waals surface area contributed by atoms with E-state index in [1.54, 1.807) is 14.2 Å². The molecule has 2 rings (SSSR count). The van der Waals surface area contributed by atoms with Crippen molar-refractivity contribution in [1.82, 2.24) is 0 Å². The monoisotopic (exact) mass is 365 g/mol. The van der Waals surface area contributed by atoms with Crippen molar-refractivity contribution >= 4 is 38.3 Å². The van der Waals surface area contributed by atoms with Crippen molar-refractivity contribution in [3.8, 4) is 11.5 Å². The molecule has 5 heteroatoms. The summed E-state index contributed by atoms with van der Waals surface area (Å²) in [4.78, 5) is 12.3. The first-order valence-corrected chi connectivity index (χ1v) is 7.72. The molecule has 0 aliphatic heterocycles. The van der Waals surface area contributed by atoms with Crippen molar-refractivity contribution in [2.45, 2.75) is 20.8 Å². The molecule has 0 aromatic heterocycles. The molecule has 0 saturated carbocycles. The highest BCUT2D eigenvalue weighted by atomic mass is 79.9. The molecule has 2 aromatic rings. The molecule has 0 spiro atoms. The van der Waals surface area contributed by atoms with Crippen molar-refractivity contribution in [3.05, 3.63) is 28.7 Å². The van der Waals surface area contributed by atoms with Gasteiger partial charge in [-0.05, 0) is 29.7 Å². The van der Waals surface area contributed by atoms with Gasteiger partial charge in [-0.15, -0.1) is 0 Å². The molecule has 0 atom stereocenters. The summed E-state index contributed by atoms with van der Waals surface area (Å²) in [6, 6.07) is 7.63. The third-order valence-corrected chi connectivity index (χ3v) is 3.81. The van der Waals surface area contributed by atoms with E-state index in [1.807, 2.05) is 45.0 Å². The second kappa shape index (κ2) is 6.16. The fourth-order valence-electron chi connectivity index (χ4n) is 2.07. The maximum atomic E-state index is 12.3. The molecule has 1 N–H and O–H groups in total. The normalized spacial score (nSPS) is 11.4. The van der Waals surface area contributed by atoms with Crippen molar-refractivity contribution in [2.75, 3.05) is 19.5 Å². The first kappa shape index (κ1) is 16.6. The number of carbonyl (C=O) groups excluding carboxylic acids is 1. The SMILES string of the molecule is COc1cc2cc(Br)cc(NC(=O)C(C)(C)C)c2cc1OC. The van der Waals surface area contributed by atoms with E-state index in [9.17, 15) is 4.79 Å². The fourth-order valence-corrected chi connectivity index (χ4v) is 2.54. The molecule has 22 heavy (non-hydrogen) atoms. The lowest BCUT2D eigenvalue weighted by atomic mass is 9.95. The van der Waals surface area contributed by atoms with Gasteiger partial charge in [0.1, 0.15) is 0 Å². The van der Waals surface area contributed by atoms with Gasteiger partial charge in [0.15, 0.2) is 11.5 Å². The van der Waals surface area contributed by atoms with Crippen molar-refractivity contribution in [1.29, 1.82) is 0 Å². The lowest BCUT2D eigenvalue weighted by Crippen LogP contribution is -2.27. The predicted octanol–water partition coefficient (Wildman–Crippen LogP) is 4.60. The number of halogens is 1. The Balaban J connectivity index is 2.60. The van der Waals surface area contributed by atoms with Crippen molar-refractivity contribution in [3.63, 3.8) is 0 Å². The van der Waals surface area contributed by atoms with E-state index in [4.69, 9.17) is 9.47 Å². The van der Waals surface area contributed by atoms with Crippen LogP contribution in [0.5, 0.6) is 11.5 Å². The summed E-state index contributed by atoms with van der Waals surface area (Å²) in [7, 11) is 3.19. The number of nitrogens with one attached hydrogen (secondary N) is 1. The maximum absolute atomic E-state index is 12.3. The third kappa shape index (κ3) is 3.35. The van der Waals surface area contributed by atoms with E-state index in [2.05, 4.69) is 21.2 Å². The first-order valence-electron chi connectivity index (χ1n) is 6.93. The van der Waals surface area contributed by atoms with E-state index in [0.29, 0.717) is 11.5 Å². The zero-order valence-electron chi connectivity index (χ0n) is 13.4. The number of amides is 1. The van der Waals surface area contributed by atoms with Crippen LogP contribution < -0.4 is 14.8 Å². The Labute approximate surface area is 138 Å². The molecule has 0 fully saturated rings. The van der Waals surface area contributed by atoms with Gasteiger partial charge in [-0.1, -0.05) is 36.7 Å². The maximum Gasteiger partial charge on any atom is 0.229 e. The van der Waals surface area contributed by atoms with Crippen LogP contribution >= 0.6 is 15.9 Å². The second-order valence-corrected chi connectivity index (χ2v) is 7.00. The summed E-state index contributed by atoms with van der Waals surface area (Å²) in [6.07, 6.45) is 0. The van der Waals surface area contributed by atoms with Crippen LogP contribution in [0.3, 0.4) is 0 Å². The lowest BCUT2D eigenvalue weighted by Gasteiger charge is -2.19. The molecule has 2 aromatic carbocycles. The van der Waals surface area contributed by atoms with Gasteiger partial charge in [-0.2, -0.15) is 0 Å². The van der Waals surface area contributed by atoms with E-state index >= 15 is 0 Å². The van der Waals surface area contributed by atoms with Crippen LogP contribution in [0.1, 0.15) is 20.8 Å². The summed E-state index contributed by atoms with van der Waals surface area (Å²) >= 11 is 3.48. The number of fused-ring (bicyclic) bond motifs is 1. The Bertz CT molecular complexity index is 720. The number of ether oxygens (including phenoxy) is 2. The van der Waals surface area contributed by atoms with Gasteiger partial charge in [0.05, 0.1) is 14.2 Å². The van der Waals surface area contributed by atoms with Crippen molar-refractivity contribution in [2.24, 2.45) is 5.41 Å². The summed E-state index contributed by atoms with van der Waals surface area (Å²) in [5, 5.41) is 4.85. The lowest BCUT2D eigenvalue weighted by molar-refractivity contribution is -0.123. The Kier molecular flexibility index (Phi) is 4.66. The number of benzene rings is 2. The van der Waals surface area contributed by atoms with Crippen LogP contribution in [0, 0.1) is 5.41 Å². The summed E-state index contributed by atoms with van der Waals surface area (Å²) in [5.41, 5.74) is 0.274.